The van der Waals surface area contributed by atoms with Crippen LogP contribution in [0, 0.1) is 13.8 Å². The predicted octanol–water partition coefficient (Wildman–Crippen LogP) is 2.29. The van der Waals surface area contributed by atoms with Crippen LogP contribution in [0.25, 0.3) is 0 Å². The van der Waals surface area contributed by atoms with Crippen molar-refractivity contribution in [2.24, 2.45) is 5.73 Å². The number of hydrogen-bond donors (Lipinski definition) is 1. The molecule has 0 saturated carbocycles. The third-order valence-corrected chi connectivity index (χ3v) is 4.28. The highest BCUT2D eigenvalue weighted by Gasteiger charge is 2.10. The van der Waals surface area contributed by atoms with Crippen molar-refractivity contribution in [3.05, 3.63) is 34.9 Å². The summed E-state index contributed by atoms with van der Waals surface area (Å²) >= 11 is 0. The maximum atomic E-state index is 11.9. The molecular formula is C13H21NOS. The van der Waals surface area contributed by atoms with Crippen LogP contribution in [0.3, 0.4) is 0 Å². The minimum absolute atomic E-state index is 0.0603. The zero-order chi connectivity index (χ0) is 12.1. The van der Waals surface area contributed by atoms with E-state index in [0.717, 1.165) is 6.42 Å². The van der Waals surface area contributed by atoms with Crippen molar-refractivity contribution in [2.45, 2.75) is 39.0 Å². The summed E-state index contributed by atoms with van der Waals surface area (Å²) in [5.74, 6) is 1.23. The predicted molar refractivity (Wildman–Crippen MR) is 70.9 cm³/mol. The van der Waals surface area contributed by atoms with Crippen molar-refractivity contribution < 1.29 is 4.21 Å². The first-order valence-corrected chi connectivity index (χ1v) is 7.19. The molecule has 0 aromatic heterocycles. The summed E-state index contributed by atoms with van der Waals surface area (Å²) in [6, 6.07) is 6.23. The average Bonchev–Trinajstić information content (AvgIpc) is 2.23. The number of aryl methyl sites for hydroxylation is 2. The summed E-state index contributed by atoms with van der Waals surface area (Å²) in [5, 5.41) is 0. The molecule has 0 saturated heterocycles. The van der Waals surface area contributed by atoms with Gasteiger partial charge in [-0.1, -0.05) is 25.1 Å². The highest BCUT2D eigenvalue weighted by molar-refractivity contribution is 7.84. The van der Waals surface area contributed by atoms with Crippen LogP contribution in [0.4, 0.5) is 0 Å². The van der Waals surface area contributed by atoms with Crippen molar-refractivity contribution in [2.75, 3.05) is 5.75 Å². The quantitative estimate of drug-likeness (QED) is 0.856. The monoisotopic (exact) mass is 239 g/mol. The van der Waals surface area contributed by atoms with Crippen LogP contribution in [0.15, 0.2) is 18.2 Å². The van der Waals surface area contributed by atoms with E-state index in [2.05, 4.69) is 26.0 Å². The first kappa shape index (κ1) is 13.4. The van der Waals surface area contributed by atoms with Crippen LogP contribution < -0.4 is 5.73 Å². The van der Waals surface area contributed by atoms with Crippen LogP contribution in [-0.2, 0) is 16.6 Å². The Kier molecular flexibility index (Phi) is 5.16. The van der Waals surface area contributed by atoms with E-state index >= 15 is 0 Å². The van der Waals surface area contributed by atoms with Gasteiger partial charge in [0.05, 0.1) is 0 Å². The van der Waals surface area contributed by atoms with Crippen LogP contribution >= 0.6 is 0 Å². The lowest BCUT2D eigenvalue weighted by Gasteiger charge is -2.11. The number of rotatable bonds is 5. The first-order chi connectivity index (χ1) is 7.54. The van der Waals surface area contributed by atoms with Gasteiger partial charge in [-0.2, -0.15) is 0 Å². The van der Waals surface area contributed by atoms with Gasteiger partial charge in [0.15, 0.2) is 0 Å². The number of nitrogens with two attached hydrogens (primary N) is 1. The SMILES string of the molecule is CCC(N)CS(=O)Cc1c(C)cccc1C. The molecule has 16 heavy (non-hydrogen) atoms. The molecule has 1 aromatic rings. The molecule has 90 valence electrons. The summed E-state index contributed by atoms with van der Waals surface area (Å²) in [7, 11) is -0.847. The molecule has 2 unspecified atom stereocenters. The van der Waals surface area contributed by atoms with E-state index in [1.807, 2.05) is 13.0 Å². The summed E-state index contributed by atoms with van der Waals surface area (Å²) in [5.41, 5.74) is 9.46. The molecule has 1 rings (SSSR count). The van der Waals surface area contributed by atoms with Crippen LogP contribution in [-0.4, -0.2) is 16.0 Å². The van der Waals surface area contributed by atoms with E-state index < -0.39 is 10.8 Å². The van der Waals surface area contributed by atoms with Gasteiger partial charge in [0.25, 0.3) is 0 Å². The molecule has 0 amide bonds. The van der Waals surface area contributed by atoms with E-state index in [4.69, 9.17) is 5.73 Å². The molecule has 0 bridgehead atoms. The second-order valence-electron chi connectivity index (χ2n) is 4.29. The lowest BCUT2D eigenvalue weighted by Crippen LogP contribution is -2.26. The van der Waals surface area contributed by atoms with Crippen LogP contribution in [0.5, 0.6) is 0 Å². The lowest BCUT2D eigenvalue weighted by molar-refractivity contribution is 0.663. The van der Waals surface area contributed by atoms with Gasteiger partial charge in [-0.15, -0.1) is 0 Å². The Labute approximate surface area is 101 Å². The Balaban J connectivity index is 2.70. The average molecular weight is 239 g/mol. The smallest absolute Gasteiger partial charge is 0.0491 e. The van der Waals surface area contributed by atoms with Crippen molar-refractivity contribution in [3.8, 4) is 0 Å². The summed E-state index contributed by atoms with van der Waals surface area (Å²) < 4.78 is 11.9. The molecule has 0 aliphatic rings. The second-order valence-corrected chi connectivity index (χ2v) is 5.79. The molecule has 0 fully saturated rings. The van der Waals surface area contributed by atoms with Gasteiger partial charge in [-0.3, -0.25) is 4.21 Å². The Hall–Kier alpha value is -0.670. The lowest BCUT2D eigenvalue weighted by atomic mass is 10.1. The van der Waals surface area contributed by atoms with Gasteiger partial charge >= 0.3 is 0 Å². The molecule has 0 radical (unpaired) electrons. The topological polar surface area (TPSA) is 43.1 Å². The van der Waals surface area contributed by atoms with Crippen molar-refractivity contribution >= 4 is 10.8 Å². The van der Waals surface area contributed by atoms with E-state index in [9.17, 15) is 4.21 Å². The van der Waals surface area contributed by atoms with Crippen molar-refractivity contribution in [1.29, 1.82) is 0 Å². The third-order valence-electron chi connectivity index (χ3n) is 2.87. The largest absolute Gasteiger partial charge is 0.327 e. The van der Waals surface area contributed by atoms with Gasteiger partial charge in [0.1, 0.15) is 0 Å². The van der Waals surface area contributed by atoms with Gasteiger partial charge in [-0.05, 0) is 37.0 Å². The fourth-order valence-electron chi connectivity index (χ4n) is 1.65. The molecule has 2 N–H and O–H groups in total. The fraction of sp³-hybridized carbons (Fsp3) is 0.538. The standard InChI is InChI=1S/C13H21NOS/c1-4-12(14)8-16(15)9-13-10(2)6-5-7-11(13)3/h5-7,12H,4,8-9,14H2,1-3H3. The molecular weight excluding hydrogens is 218 g/mol. The van der Waals surface area contributed by atoms with Crippen molar-refractivity contribution in [1.82, 2.24) is 0 Å². The van der Waals surface area contributed by atoms with Crippen LogP contribution in [0.2, 0.25) is 0 Å². The third kappa shape index (κ3) is 3.72. The summed E-state index contributed by atoms with van der Waals surface area (Å²) in [6.07, 6.45) is 0.887. The molecule has 3 heteroatoms. The van der Waals surface area contributed by atoms with E-state index in [1.54, 1.807) is 0 Å². The Morgan fingerprint density at radius 2 is 1.88 bits per heavy atom. The summed E-state index contributed by atoms with van der Waals surface area (Å²) in [4.78, 5) is 0. The Morgan fingerprint density at radius 1 is 1.31 bits per heavy atom. The first-order valence-electron chi connectivity index (χ1n) is 5.70. The van der Waals surface area contributed by atoms with Gasteiger partial charge < -0.3 is 5.73 Å². The molecule has 2 atom stereocenters. The summed E-state index contributed by atoms with van der Waals surface area (Å²) in [6.45, 7) is 6.17. The molecule has 2 nitrogen and oxygen atoms in total. The highest BCUT2D eigenvalue weighted by Crippen LogP contribution is 2.15. The maximum absolute atomic E-state index is 11.9. The molecule has 0 aliphatic carbocycles. The highest BCUT2D eigenvalue weighted by atomic mass is 32.2. The van der Waals surface area contributed by atoms with E-state index in [0.29, 0.717) is 11.5 Å². The van der Waals surface area contributed by atoms with E-state index in [-0.39, 0.29) is 6.04 Å². The van der Waals surface area contributed by atoms with Crippen LogP contribution in [0.1, 0.15) is 30.0 Å². The Morgan fingerprint density at radius 3 is 2.38 bits per heavy atom. The number of benzene rings is 1. The zero-order valence-corrected chi connectivity index (χ0v) is 11.1. The van der Waals surface area contributed by atoms with Gasteiger partial charge in [-0.25, -0.2) is 0 Å². The normalized spacial score (nSPS) is 14.8. The molecule has 1 aromatic carbocycles. The second kappa shape index (κ2) is 6.16. The minimum Gasteiger partial charge on any atom is -0.327 e. The van der Waals surface area contributed by atoms with Gasteiger partial charge in [0.2, 0.25) is 0 Å². The zero-order valence-electron chi connectivity index (χ0n) is 10.3. The number of hydrogen-bond acceptors (Lipinski definition) is 2. The van der Waals surface area contributed by atoms with Crippen molar-refractivity contribution in [3.63, 3.8) is 0 Å². The minimum atomic E-state index is -0.847. The molecule has 0 spiro atoms. The molecule has 0 aliphatic heterocycles. The van der Waals surface area contributed by atoms with E-state index in [1.165, 1.54) is 16.7 Å². The van der Waals surface area contributed by atoms with Gasteiger partial charge in [0, 0.05) is 28.3 Å². The maximum Gasteiger partial charge on any atom is 0.0491 e. The fourth-order valence-corrected chi connectivity index (χ4v) is 3.26. The Bertz CT molecular complexity index is 356. The molecule has 0 heterocycles.